The molecule has 154 valence electrons. The molecule has 0 fully saturated rings. The predicted octanol–water partition coefficient (Wildman–Crippen LogP) is 2.74. The number of aromatic nitrogens is 7. The summed E-state index contributed by atoms with van der Waals surface area (Å²) in [7, 11) is 1.59. The van der Waals surface area contributed by atoms with Crippen LogP contribution in [-0.4, -0.2) is 41.5 Å². The Bertz CT molecular complexity index is 1450. The van der Waals surface area contributed by atoms with E-state index < -0.39 is 0 Å². The Kier molecular flexibility index (Phi) is 4.89. The predicted molar refractivity (Wildman–Crippen MR) is 115 cm³/mol. The second-order valence-electron chi connectivity index (χ2n) is 6.91. The largest absolute Gasteiger partial charge is 0.378 e. The Morgan fingerprint density at radius 1 is 1.10 bits per heavy atom. The average Bonchev–Trinajstić information content (AvgIpc) is 3.15. The zero-order valence-electron chi connectivity index (χ0n) is 16.4. The molecule has 0 unspecified atom stereocenters. The molecule has 5 rings (SSSR count). The molecule has 0 atom stereocenters. The van der Waals surface area contributed by atoms with Crippen LogP contribution in [0.3, 0.4) is 0 Å². The van der Waals surface area contributed by atoms with Crippen LogP contribution < -0.4 is 5.56 Å². The minimum atomic E-state index is -0.305. The summed E-state index contributed by atoms with van der Waals surface area (Å²) in [6.45, 7) is 0.597. The highest BCUT2D eigenvalue weighted by atomic mass is 35.5. The lowest BCUT2D eigenvalue weighted by molar-refractivity contribution is 0.181. The van der Waals surface area contributed by atoms with Gasteiger partial charge in [-0.2, -0.15) is 9.61 Å². The zero-order chi connectivity index (χ0) is 21.4. The second kappa shape index (κ2) is 7.86. The van der Waals surface area contributed by atoms with Gasteiger partial charge in [-0.3, -0.25) is 14.3 Å². The summed E-state index contributed by atoms with van der Waals surface area (Å²) in [5.41, 5.74) is 3.81. The summed E-state index contributed by atoms with van der Waals surface area (Å²) in [6, 6.07) is 11.0. The van der Waals surface area contributed by atoms with Crippen molar-refractivity contribution in [3.63, 3.8) is 0 Å². The van der Waals surface area contributed by atoms with E-state index in [1.54, 1.807) is 31.6 Å². The van der Waals surface area contributed by atoms with Crippen LogP contribution >= 0.6 is 11.6 Å². The van der Waals surface area contributed by atoms with E-state index in [0.29, 0.717) is 28.6 Å². The van der Waals surface area contributed by atoms with Gasteiger partial charge >= 0.3 is 0 Å². The Hall–Kier alpha value is -3.69. The fourth-order valence-corrected chi connectivity index (χ4v) is 3.58. The lowest BCUT2D eigenvalue weighted by atomic mass is 10.1. The first-order chi connectivity index (χ1) is 15.2. The lowest BCUT2D eigenvalue weighted by Gasteiger charge is -2.06. The molecular weight excluding hydrogens is 418 g/mol. The quantitative estimate of drug-likeness (QED) is 0.420. The molecule has 0 spiro atoms. The third kappa shape index (κ3) is 3.43. The van der Waals surface area contributed by atoms with Crippen molar-refractivity contribution in [3.05, 3.63) is 81.8 Å². The molecule has 0 bridgehead atoms. The van der Waals surface area contributed by atoms with Crippen LogP contribution in [0.5, 0.6) is 0 Å². The zero-order valence-corrected chi connectivity index (χ0v) is 17.2. The maximum atomic E-state index is 13.0. The highest BCUT2D eigenvalue weighted by Gasteiger charge is 2.20. The van der Waals surface area contributed by atoms with E-state index in [-0.39, 0.29) is 17.7 Å². The fourth-order valence-electron chi connectivity index (χ4n) is 3.45. The molecule has 4 heterocycles. The normalized spacial score (nSPS) is 11.4. The van der Waals surface area contributed by atoms with E-state index in [1.807, 2.05) is 24.3 Å². The van der Waals surface area contributed by atoms with E-state index in [9.17, 15) is 4.79 Å². The smallest absolute Gasteiger partial charge is 0.283 e. The van der Waals surface area contributed by atoms with Crippen LogP contribution in [0.25, 0.3) is 27.9 Å². The van der Waals surface area contributed by atoms with Gasteiger partial charge in [0.25, 0.3) is 5.56 Å². The topological polar surface area (TPSA) is 100 Å². The molecule has 0 radical (unpaired) electrons. The van der Waals surface area contributed by atoms with Crippen molar-refractivity contribution in [2.75, 3.05) is 7.11 Å². The molecular formula is C21H16ClN7O2. The molecule has 0 N–H and O–H groups in total. The minimum Gasteiger partial charge on any atom is -0.378 e. The van der Waals surface area contributed by atoms with E-state index in [1.165, 1.54) is 15.4 Å². The van der Waals surface area contributed by atoms with Crippen molar-refractivity contribution in [3.8, 4) is 11.1 Å². The molecule has 9 nitrogen and oxygen atoms in total. The first kappa shape index (κ1) is 19.3. The van der Waals surface area contributed by atoms with Crippen molar-refractivity contribution < 1.29 is 4.74 Å². The van der Waals surface area contributed by atoms with Crippen LogP contribution in [0.2, 0.25) is 5.02 Å². The fraction of sp³-hybridized carbons (Fsp3) is 0.143. The molecule has 4 aromatic heterocycles. The van der Waals surface area contributed by atoms with Gasteiger partial charge in [-0.15, -0.1) is 10.2 Å². The van der Waals surface area contributed by atoms with E-state index in [2.05, 4.69) is 25.3 Å². The van der Waals surface area contributed by atoms with Gasteiger partial charge in [0.05, 0.1) is 24.4 Å². The highest BCUT2D eigenvalue weighted by Crippen LogP contribution is 2.29. The van der Waals surface area contributed by atoms with E-state index in [0.717, 1.165) is 16.7 Å². The van der Waals surface area contributed by atoms with Gasteiger partial charge < -0.3 is 4.74 Å². The van der Waals surface area contributed by atoms with Gasteiger partial charge in [0, 0.05) is 24.5 Å². The number of hydrogen-bond donors (Lipinski definition) is 0. The van der Waals surface area contributed by atoms with Gasteiger partial charge in [0.1, 0.15) is 6.33 Å². The monoisotopic (exact) mass is 433 g/mol. The maximum absolute atomic E-state index is 13.0. The summed E-state index contributed by atoms with van der Waals surface area (Å²) in [6.07, 6.45) is 4.87. The van der Waals surface area contributed by atoms with Crippen LogP contribution in [0.1, 0.15) is 11.3 Å². The summed E-state index contributed by atoms with van der Waals surface area (Å²) < 4.78 is 8.33. The summed E-state index contributed by atoms with van der Waals surface area (Å²) in [5.74, 6) is 0. The second-order valence-corrected chi connectivity index (χ2v) is 7.34. The number of fused-ring (bicyclic) bond motifs is 3. The summed E-state index contributed by atoms with van der Waals surface area (Å²) in [5, 5.41) is 13.8. The lowest BCUT2D eigenvalue weighted by Crippen LogP contribution is -2.23. The third-order valence-electron chi connectivity index (χ3n) is 4.86. The minimum absolute atomic E-state index is 0.132. The standard InChI is InChI=1S/C21H16ClN7O2/c1-31-11-16-17(14-4-6-15(22)7-5-14)19-26-25-18-20(29(19)27-16)24-12-28(21(18)30)10-13-3-2-8-23-9-13/h2-9,12H,10-11H2,1H3. The number of ether oxygens (including phenoxy) is 1. The van der Waals surface area contributed by atoms with Crippen molar-refractivity contribution in [1.29, 1.82) is 0 Å². The number of benzene rings is 1. The molecule has 10 heteroatoms. The number of pyridine rings is 1. The van der Waals surface area contributed by atoms with Gasteiger partial charge in [0.2, 0.25) is 0 Å². The van der Waals surface area contributed by atoms with Crippen LogP contribution in [-0.2, 0) is 17.9 Å². The molecule has 0 amide bonds. The van der Waals surface area contributed by atoms with Crippen molar-refractivity contribution >= 4 is 28.4 Å². The molecule has 1 aromatic carbocycles. The van der Waals surface area contributed by atoms with Crippen LogP contribution in [0.4, 0.5) is 0 Å². The van der Waals surface area contributed by atoms with Gasteiger partial charge in [-0.25, -0.2) is 4.98 Å². The summed E-state index contributed by atoms with van der Waals surface area (Å²) in [4.78, 5) is 21.6. The third-order valence-corrected chi connectivity index (χ3v) is 5.12. The summed E-state index contributed by atoms with van der Waals surface area (Å²) >= 11 is 6.04. The number of rotatable bonds is 5. The van der Waals surface area contributed by atoms with Gasteiger partial charge in [0.15, 0.2) is 16.8 Å². The Labute approximate surface area is 180 Å². The molecule has 0 aliphatic rings. The van der Waals surface area contributed by atoms with Gasteiger partial charge in [-0.1, -0.05) is 29.8 Å². The first-order valence-corrected chi connectivity index (χ1v) is 9.80. The van der Waals surface area contributed by atoms with Crippen molar-refractivity contribution in [2.45, 2.75) is 13.2 Å². The first-order valence-electron chi connectivity index (χ1n) is 9.43. The number of methoxy groups -OCH3 is 1. The van der Waals surface area contributed by atoms with Gasteiger partial charge in [-0.05, 0) is 29.3 Å². The molecule has 0 aliphatic heterocycles. The van der Waals surface area contributed by atoms with Crippen LogP contribution in [0.15, 0.2) is 59.9 Å². The molecule has 31 heavy (non-hydrogen) atoms. The molecule has 5 aromatic rings. The van der Waals surface area contributed by atoms with E-state index >= 15 is 0 Å². The highest BCUT2D eigenvalue weighted by molar-refractivity contribution is 6.30. The SMILES string of the molecule is COCc1nn2c(nnc3c(=O)n(Cc4cccnc4)cnc32)c1-c1ccc(Cl)cc1. The van der Waals surface area contributed by atoms with Crippen molar-refractivity contribution in [1.82, 2.24) is 34.3 Å². The maximum Gasteiger partial charge on any atom is 0.283 e. The number of halogens is 1. The molecule has 0 aliphatic carbocycles. The molecule has 0 saturated carbocycles. The molecule has 0 saturated heterocycles. The average molecular weight is 434 g/mol. The van der Waals surface area contributed by atoms with Crippen molar-refractivity contribution in [2.24, 2.45) is 0 Å². The Morgan fingerprint density at radius 2 is 1.94 bits per heavy atom. The Balaban J connectivity index is 1.70. The number of nitrogens with zero attached hydrogens (tertiary/aromatic N) is 7. The van der Waals surface area contributed by atoms with Crippen LogP contribution in [0, 0.1) is 0 Å². The Morgan fingerprint density at radius 3 is 2.68 bits per heavy atom. The van der Waals surface area contributed by atoms with E-state index in [4.69, 9.17) is 16.3 Å². The number of hydrogen-bond acceptors (Lipinski definition) is 7.